The number of benzene rings is 2. The molecule has 0 bridgehead atoms. The van der Waals surface area contributed by atoms with E-state index in [4.69, 9.17) is 9.47 Å². The van der Waals surface area contributed by atoms with Crippen LogP contribution in [-0.2, 0) is 6.54 Å². The first kappa shape index (κ1) is 16.4. The van der Waals surface area contributed by atoms with E-state index in [-0.39, 0.29) is 5.91 Å². The van der Waals surface area contributed by atoms with Crippen LogP contribution >= 0.6 is 15.9 Å². The van der Waals surface area contributed by atoms with Gasteiger partial charge >= 0.3 is 0 Å². The third-order valence-corrected chi connectivity index (χ3v) is 3.73. The smallest absolute Gasteiger partial charge is 0.251 e. The van der Waals surface area contributed by atoms with Gasteiger partial charge < -0.3 is 14.8 Å². The van der Waals surface area contributed by atoms with Crippen LogP contribution in [0.25, 0.3) is 0 Å². The molecule has 0 saturated carbocycles. The first-order valence-electron chi connectivity index (χ1n) is 6.97. The minimum Gasteiger partial charge on any atom is -0.497 e. The molecule has 116 valence electrons. The largest absolute Gasteiger partial charge is 0.497 e. The van der Waals surface area contributed by atoms with E-state index in [0.29, 0.717) is 18.7 Å². The van der Waals surface area contributed by atoms with Crippen LogP contribution in [0.1, 0.15) is 22.8 Å². The van der Waals surface area contributed by atoms with E-state index >= 15 is 0 Å². The zero-order valence-electron chi connectivity index (χ0n) is 12.6. The Labute approximate surface area is 138 Å². The number of methoxy groups -OCH3 is 1. The maximum absolute atomic E-state index is 12.2. The van der Waals surface area contributed by atoms with Gasteiger partial charge in [0.1, 0.15) is 11.5 Å². The van der Waals surface area contributed by atoms with E-state index in [2.05, 4.69) is 21.2 Å². The molecule has 0 aliphatic carbocycles. The zero-order valence-corrected chi connectivity index (χ0v) is 14.1. The Morgan fingerprint density at radius 1 is 1.18 bits per heavy atom. The Bertz CT molecular complexity index is 641. The number of carbonyl (C=O) groups excluding carboxylic acids is 1. The molecule has 2 aromatic carbocycles. The molecule has 0 atom stereocenters. The molecular weight excluding hydrogens is 346 g/mol. The van der Waals surface area contributed by atoms with Crippen LogP contribution in [0.15, 0.2) is 46.9 Å². The van der Waals surface area contributed by atoms with Gasteiger partial charge in [-0.1, -0.05) is 12.1 Å². The molecule has 22 heavy (non-hydrogen) atoms. The summed E-state index contributed by atoms with van der Waals surface area (Å²) in [6, 6.07) is 12.9. The van der Waals surface area contributed by atoms with Crippen LogP contribution in [0.5, 0.6) is 11.5 Å². The molecular formula is C17H18BrNO3. The van der Waals surface area contributed by atoms with E-state index in [1.807, 2.05) is 31.2 Å². The van der Waals surface area contributed by atoms with Crippen molar-refractivity contribution in [2.75, 3.05) is 13.7 Å². The van der Waals surface area contributed by atoms with E-state index in [1.54, 1.807) is 25.3 Å². The lowest BCUT2D eigenvalue weighted by atomic mass is 10.2. The SMILES string of the molecule is CCOc1ccc(C(=O)NCc2ccc(OC)cc2)cc1Br. The first-order valence-corrected chi connectivity index (χ1v) is 7.76. The highest BCUT2D eigenvalue weighted by molar-refractivity contribution is 9.10. The van der Waals surface area contributed by atoms with Crippen LogP contribution in [-0.4, -0.2) is 19.6 Å². The van der Waals surface area contributed by atoms with Crippen LogP contribution in [0.2, 0.25) is 0 Å². The average molecular weight is 364 g/mol. The molecule has 0 fully saturated rings. The van der Waals surface area contributed by atoms with Crippen molar-refractivity contribution in [1.29, 1.82) is 0 Å². The van der Waals surface area contributed by atoms with Gasteiger partial charge in [0, 0.05) is 12.1 Å². The van der Waals surface area contributed by atoms with Crippen molar-refractivity contribution in [1.82, 2.24) is 5.32 Å². The van der Waals surface area contributed by atoms with E-state index in [9.17, 15) is 4.79 Å². The Kier molecular flexibility index (Phi) is 5.83. The molecule has 4 nitrogen and oxygen atoms in total. The quantitative estimate of drug-likeness (QED) is 0.849. The summed E-state index contributed by atoms with van der Waals surface area (Å²) < 4.78 is 11.3. The molecule has 1 N–H and O–H groups in total. The third kappa shape index (κ3) is 4.24. The number of ether oxygens (including phenoxy) is 2. The monoisotopic (exact) mass is 363 g/mol. The number of halogens is 1. The lowest BCUT2D eigenvalue weighted by molar-refractivity contribution is 0.0951. The summed E-state index contributed by atoms with van der Waals surface area (Å²) in [4.78, 5) is 12.2. The molecule has 0 aromatic heterocycles. The summed E-state index contributed by atoms with van der Waals surface area (Å²) >= 11 is 3.41. The molecule has 0 radical (unpaired) electrons. The van der Waals surface area contributed by atoms with Gasteiger partial charge in [0.2, 0.25) is 0 Å². The standard InChI is InChI=1S/C17H18BrNO3/c1-3-22-16-9-6-13(10-15(16)18)17(20)19-11-12-4-7-14(21-2)8-5-12/h4-10H,3,11H2,1-2H3,(H,19,20). The molecule has 2 rings (SSSR count). The van der Waals surface area contributed by atoms with E-state index in [1.165, 1.54) is 0 Å². The summed E-state index contributed by atoms with van der Waals surface area (Å²) in [5.41, 5.74) is 1.60. The Hall–Kier alpha value is -2.01. The van der Waals surface area contributed by atoms with Gasteiger partial charge in [0.05, 0.1) is 18.2 Å². The molecule has 0 spiro atoms. The van der Waals surface area contributed by atoms with Crippen LogP contribution in [0, 0.1) is 0 Å². The summed E-state index contributed by atoms with van der Waals surface area (Å²) in [6.45, 7) is 2.97. The minimum absolute atomic E-state index is 0.125. The maximum atomic E-state index is 12.2. The van der Waals surface area contributed by atoms with Crippen molar-refractivity contribution in [3.8, 4) is 11.5 Å². The molecule has 0 unspecified atom stereocenters. The summed E-state index contributed by atoms with van der Waals surface area (Å²) in [5.74, 6) is 1.40. The molecule has 0 heterocycles. The molecule has 0 aliphatic heterocycles. The van der Waals surface area contributed by atoms with Crippen molar-refractivity contribution < 1.29 is 14.3 Å². The third-order valence-electron chi connectivity index (χ3n) is 3.11. The van der Waals surface area contributed by atoms with Gasteiger partial charge in [-0.15, -0.1) is 0 Å². The van der Waals surface area contributed by atoms with Gasteiger partial charge in [-0.25, -0.2) is 0 Å². The molecule has 0 saturated heterocycles. The average Bonchev–Trinajstić information content (AvgIpc) is 2.55. The fourth-order valence-electron chi connectivity index (χ4n) is 1.94. The summed E-state index contributed by atoms with van der Waals surface area (Å²) in [7, 11) is 1.63. The number of hydrogen-bond donors (Lipinski definition) is 1. The Morgan fingerprint density at radius 3 is 2.50 bits per heavy atom. The first-order chi connectivity index (χ1) is 10.6. The van der Waals surface area contributed by atoms with Crippen molar-refractivity contribution in [3.63, 3.8) is 0 Å². The fourth-order valence-corrected chi connectivity index (χ4v) is 2.44. The Balaban J connectivity index is 1.98. The van der Waals surface area contributed by atoms with Crippen LogP contribution in [0.4, 0.5) is 0 Å². The van der Waals surface area contributed by atoms with Gasteiger partial charge in [-0.2, -0.15) is 0 Å². The zero-order chi connectivity index (χ0) is 15.9. The number of carbonyl (C=O) groups is 1. The van der Waals surface area contributed by atoms with Crippen molar-refractivity contribution in [2.24, 2.45) is 0 Å². The molecule has 0 aliphatic rings. The summed E-state index contributed by atoms with van der Waals surface area (Å²) in [5, 5.41) is 2.89. The molecule has 2 aromatic rings. The lowest BCUT2D eigenvalue weighted by Crippen LogP contribution is -2.22. The van der Waals surface area contributed by atoms with E-state index in [0.717, 1.165) is 21.5 Å². The predicted molar refractivity (Wildman–Crippen MR) is 89.5 cm³/mol. The van der Waals surface area contributed by atoms with Crippen LogP contribution in [0.3, 0.4) is 0 Å². The molecule has 5 heteroatoms. The highest BCUT2D eigenvalue weighted by atomic mass is 79.9. The number of nitrogens with one attached hydrogen (secondary N) is 1. The van der Waals surface area contributed by atoms with Gasteiger partial charge in [0.25, 0.3) is 5.91 Å². The second-order valence-electron chi connectivity index (χ2n) is 4.61. The second kappa shape index (κ2) is 7.84. The second-order valence-corrected chi connectivity index (χ2v) is 5.46. The normalized spacial score (nSPS) is 10.1. The fraction of sp³-hybridized carbons (Fsp3) is 0.235. The van der Waals surface area contributed by atoms with Gasteiger partial charge in [-0.05, 0) is 58.7 Å². The van der Waals surface area contributed by atoms with Crippen molar-refractivity contribution in [3.05, 3.63) is 58.1 Å². The minimum atomic E-state index is -0.125. The van der Waals surface area contributed by atoms with Gasteiger partial charge in [-0.3, -0.25) is 4.79 Å². The Morgan fingerprint density at radius 2 is 1.91 bits per heavy atom. The van der Waals surface area contributed by atoms with Crippen molar-refractivity contribution in [2.45, 2.75) is 13.5 Å². The number of rotatable bonds is 6. The lowest BCUT2D eigenvalue weighted by Gasteiger charge is -2.09. The topological polar surface area (TPSA) is 47.6 Å². The maximum Gasteiger partial charge on any atom is 0.251 e. The highest BCUT2D eigenvalue weighted by Gasteiger charge is 2.09. The van der Waals surface area contributed by atoms with E-state index < -0.39 is 0 Å². The van der Waals surface area contributed by atoms with Crippen LogP contribution < -0.4 is 14.8 Å². The van der Waals surface area contributed by atoms with Crippen molar-refractivity contribution >= 4 is 21.8 Å². The molecule has 1 amide bonds. The summed E-state index contributed by atoms with van der Waals surface area (Å²) in [6.07, 6.45) is 0. The van der Waals surface area contributed by atoms with Gasteiger partial charge in [0.15, 0.2) is 0 Å². The number of hydrogen-bond acceptors (Lipinski definition) is 3. The number of amides is 1. The predicted octanol–water partition coefficient (Wildman–Crippen LogP) is 3.79. The highest BCUT2D eigenvalue weighted by Crippen LogP contribution is 2.26.